The van der Waals surface area contributed by atoms with E-state index in [1.165, 1.54) is 10.8 Å². The van der Waals surface area contributed by atoms with Gasteiger partial charge in [0.25, 0.3) is 5.56 Å². The molecular weight excluding hydrogens is 514 g/mol. The monoisotopic (exact) mass is 541 g/mol. The average molecular weight is 542 g/mol. The van der Waals surface area contributed by atoms with E-state index in [0.717, 1.165) is 11.1 Å². The van der Waals surface area contributed by atoms with Crippen molar-refractivity contribution >= 4 is 5.97 Å². The van der Waals surface area contributed by atoms with Crippen LogP contribution in [-0.4, -0.2) is 34.8 Å². The highest BCUT2D eigenvalue weighted by molar-refractivity contribution is 5.89. The van der Waals surface area contributed by atoms with E-state index in [1.807, 2.05) is 54.6 Å². The summed E-state index contributed by atoms with van der Waals surface area (Å²) in [6, 6.07) is 25.5. The van der Waals surface area contributed by atoms with Gasteiger partial charge >= 0.3 is 11.7 Å². The predicted molar refractivity (Wildman–Crippen MR) is 147 cm³/mol. The molecule has 0 fully saturated rings. The molecule has 0 spiro atoms. The number of nitrogens with zero attached hydrogens (tertiary/aromatic N) is 4. The number of H-pyrrole nitrogens is 1. The van der Waals surface area contributed by atoms with E-state index >= 15 is 0 Å². The SMILES string of the molecule is [N-]=[N+]=NCC(COC(=O)c1ccccc1)OCn1cc(Cc2cccc(OCc3ccccc3)c2)c(=O)[nH]c1=O. The smallest absolute Gasteiger partial charge is 0.338 e. The van der Waals surface area contributed by atoms with Gasteiger partial charge < -0.3 is 14.2 Å². The molecule has 4 aromatic rings. The fourth-order valence-corrected chi connectivity index (χ4v) is 3.78. The van der Waals surface area contributed by atoms with Gasteiger partial charge in [-0.25, -0.2) is 9.59 Å². The molecule has 0 aliphatic rings. The summed E-state index contributed by atoms with van der Waals surface area (Å²) in [6.07, 6.45) is 0.845. The Balaban J connectivity index is 1.40. The van der Waals surface area contributed by atoms with Gasteiger partial charge in [-0.15, -0.1) is 0 Å². The number of benzene rings is 3. The van der Waals surface area contributed by atoms with Gasteiger partial charge in [-0.1, -0.05) is 65.8 Å². The molecule has 1 N–H and O–H groups in total. The maximum Gasteiger partial charge on any atom is 0.338 e. The Hall–Kier alpha value is -5.12. The molecule has 1 atom stereocenters. The number of azide groups is 1. The van der Waals surface area contributed by atoms with Crippen LogP contribution in [0.3, 0.4) is 0 Å². The molecule has 1 unspecified atom stereocenters. The van der Waals surface area contributed by atoms with Crippen molar-refractivity contribution in [2.45, 2.75) is 25.9 Å². The molecule has 0 saturated carbocycles. The van der Waals surface area contributed by atoms with Crippen LogP contribution in [0.1, 0.15) is 27.0 Å². The van der Waals surface area contributed by atoms with Gasteiger partial charge in [0.1, 0.15) is 25.7 Å². The molecule has 0 aliphatic carbocycles. The summed E-state index contributed by atoms with van der Waals surface area (Å²) in [6.45, 7) is -0.186. The van der Waals surface area contributed by atoms with Crippen LogP contribution >= 0.6 is 0 Å². The molecule has 40 heavy (non-hydrogen) atoms. The number of rotatable bonds is 13. The molecule has 4 rings (SSSR count). The summed E-state index contributed by atoms with van der Waals surface area (Å²) in [4.78, 5) is 42.2. The number of esters is 1. The topological polar surface area (TPSA) is 148 Å². The summed E-state index contributed by atoms with van der Waals surface area (Å²) in [5, 5.41) is 3.49. The minimum atomic E-state index is -0.815. The lowest BCUT2D eigenvalue weighted by Crippen LogP contribution is -2.34. The van der Waals surface area contributed by atoms with E-state index in [1.54, 1.807) is 30.3 Å². The van der Waals surface area contributed by atoms with Gasteiger partial charge in [0.05, 0.1) is 18.2 Å². The van der Waals surface area contributed by atoms with E-state index in [-0.39, 0.29) is 26.3 Å². The second-order valence-electron chi connectivity index (χ2n) is 8.78. The molecule has 3 aromatic carbocycles. The Bertz CT molecular complexity index is 1580. The van der Waals surface area contributed by atoms with E-state index in [2.05, 4.69) is 15.0 Å². The second kappa shape index (κ2) is 14.1. The lowest BCUT2D eigenvalue weighted by atomic mass is 10.1. The summed E-state index contributed by atoms with van der Waals surface area (Å²) < 4.78 is 18.1. The Morgan fingerprint density at radius 2 is 1.70 bits per heavy atom. The summed E-state index contributed by atoms with van der Waals surface area (Å²) in [7, 11) is 0. The van der Waals surface area contributed by atoms with E-state index < -0.39 is 23.3 Å². The largest absolute Gasteiger partial charge is 0.489 e. The van der Waals surface area contributed by atoms with E-state index in [4.69, 9.17) is 19.7 Å². The summed E-state index contributed by atoms with van der Waals surface area (Å²) in [5.74, 6) is 0.0917. The van der Waals surface area contributed by atoms with Crippen LogP contribution in [0.5, 0.6) is 5.75 Å². The number of hydrogen-bond donors (Lipinski definition) is 1. The quantitative estimate of drug-likeness (QED) is 0.116. The van der Waals surface area contributed by atoms with Crippen molar-refractivity contribution in [2.24, 2.45) is 5.11 Å². The molecular formula is C29H27N5O6. The highest BCUT2D eigenvalue weighted by atomic mass is 16.6. The molecule has 0 radical (unpaired) electrons. The van der Waals surface area contributed by atoms with Crippen LogP contribution < -0.4 is 16.0 Å². The first-order valence-corrected chi connectivity index (χ1v) is 12.4. The molecule has 11 heteroatoms. The van der Waals surface area contributed by atoms with Crippen molar-refractivity contribution in [3.63, 3.8) is 0 Å². The number of ether oxygens (including phenoxy) is 3. The van der Waals surface area contributed by atoms with Crippen LogP contribution in [0, 0.1) is 0 Å². The highest BCUT2D eigenvalue weighted by Gasteiger charge is 2.15. The van der Waals surface area contributed by atoms with Crippen LogP contribution in [0.15, 0.2) is 106 Å². The zero-order valence-electron chi connectivity index (χ0n) is 21.5. The molecule has 204 valence electrons. The van der Waals surface area contributed by atoms with Crippen molar-refractivity contribution < 1.29 is 19.0 Å². The third-order valence-electron chi connectivity index (χ3n) is 5.83. The van der Waals surface area contributed by atoms with Crippen molar-refractivity contribution in [1.82, 2.24) is 9.55 Å². The maximum atomic E-state index is 12.5. The maximum absolute atomic E-state index is 12.5. The van der Waals surface area contributed by atoms with E-state index in [0.29, 0.717) is 23.5 Å². The fourth-order valence-electron chi connectivity index (χ4n) is 3.78. The van der Waals surface area contributed by atoms with Crippen molar-refractivity contribution in [2.75, 3.05) is 13.2 Å². The standard InChI is InChI=1S/C29H27N5O6/c30-33-31-16-26(19-39-28(36)23-11-5-2-6-12-23)40-20-34-17-24(27(35)32-29(34)37)14-22-10-7-13-25(15-22)38-18-21-8-3-1-4-9-21/h1-13,15,17,26H,14,16,18-20H2,(H,32,35,37). The molecule has 0 saturated heterocycles. The Kier molecular flexibility index (Phi) is 9.87. The minimum Gasteiger partial charge on any atom is -0.489 e. The first-order valence-electron chi connectivity index (χ1n) is 12.4. The van der Waals surface area contributed by atoms with Crippen LogP contribution in [0.4, 0.5) is 0 Å². The van der Waals surface area contributed by atoms with Gasteiger partial charge in [-0.05, 0) is 40.9 Å². The van der Waals surface area contributed by atoms with Crippen molar-refractivity contribution in [1.29, 1.82) is 0 Å². The number of aromatic nitrogens is 2. The molecule has 0 aliphatic heterocycles. The lowest BCUT2D eigenvalue weighted by Gasteiger charge is -2.17. The van der Waals surface area contributed by atoms with Gasteiger partial charge in [0.15, 0.2) is 0 Å². The third-order valence-corrected chi connectivity index (χ3v) is 5.83. The summed E-state index contributed by atoms with van der Waals surface area (Å²) in [5.41, 5.74) is 10.1. The average Bonchev–Trinajstić information content (AvgIpc) is 2.98. The fraction of sp³-hybridized carbons (Fsp3) is 0.207. The molecule has 11 nitrogen and oxygen atoms in total. The molecule has 1 aromatic heterocycles. The number of nitrogens with one attached hydrogen (secondary N) is 1. The second-order valence-corrected chi connectivity index (χ2v) is 8.78. The lowest BCUT2D eigenvalue weighted by molar-refractivity contribution is -0.0314. The Morgan fingerprint density at radius 1 is 0.975 bits per heavy atom. The minimum absolute atomic E-state index is 0.126. The zero-order chi connectivity index (χ0) is 28.2. The Morgan fingerprint density at radius 3 is 2.45 bits per heavy atom. The zero-order valence-corrected chi connectivity index (χ0v) is 21.5. The number of carbonyl (C=O) groups excluding carboxylic acids is 1. The normalized spacial score (nSPS) is 11.3. The first-order chi connectivity index (χ1) is 19.5. The van der Waals surface area contributed by atoms with Crippen LogP contribution in [0.25, 0.3) is 10.4 Å². The van der Waals surface area contributed by atoms with Crippen molar-refractivity contribution in [3.8, 4) is 5.75 Å². The first kappa shape index (κ1) is 27.9. The number of aromatic amines is 1. The van der Waals surface area contributed by atoms with E-state index in [9.17, 15) is 14.4 Å². The van der Waals surface area contributed by atoms with Crippen LogP contribution in [-0.2, 0) is 29.2 Å². The van der Waals surface area contributed by atoms with Gasteiger partial charge in [0.2, 0.25) is 0 Å². The molecule has 0 bridgehead atoms. The van der Waals surface area contributed by atoms with Gasteiger partial charge in [-0.2, -0.15) is 0 Å². The third kappa shape index (κ3) is 8.19. The highest BCUT2D eigenvalue weighted by Crippen LogP contribution is 2.17. The Labute approximate surface area is 229 Å². The molecule has 0 amide bonds. The number of hydrogen-bond acceptors (Lipinski definition) is 7. The molecule has 1 heterocycles. The van der Waals surface area contributed by atoms with Crippen LogP contribution in [0.2, 0.25) is 0 Å². The summed E-state index contributed by atoms with van der Waals surface area (Å²) >= 11 is 0. The van der Waals surface area contributed by atoms with Crippen molar-refractivity contribution in [3.05, 3.63) is 145 Å². The predicted octanol–water partition coefficient (Wildman–Crippen LogP) is 4.22. The van der Waals surface area contributed by atoms with Gasteiger partial charge in [0, 0.05) is 23.1 Å². The number of carbonyl (C=O) groups is 1. The van der Waals surface area contributed by atoms with Gasteiger partial charge in [-0.3, -0.25) is 14.3 Å².